The van der Waals surface area contributed by atoms with E-state index in [0.29, 0.717) is 25.6 Å². The van der Waals surface area contributed by atoms with Gasteiger partial charge in [0.1, 0.15) is 23.7 Å². The van der Waals surface area contributed by atoms with E-state index in [1.54, 1.807) is 0 Å². The lowest BCUT2D eigenvalue weighted by Crippen LogP contribution is -2.16. The van der Waals surface area contributed by atoms with Gasteiger partial charge in [-0.1, -0.05) is 30.3 Å². The first kappa shape index (κ1) is 17.0. The highest BCUT2D eigenvalue weighted by Gasteiger charge is 2.19. The second-order valence-electron chi connectivity index (χ2n) is 7.04. The molecule has 28 heavy (non-hydrogen) atoms. The van der Waals surface area contributed by atoms with Gasteiger partial charge in [0.25, 0.3) is 0 Å². The van der Waals surface area contributed by atoms with Crippen LogP contribution in [-0.2, 0) is 24.3 Å². The van der Waals surface area contributed by atoms with Crippen molar-refractivity contribution in [1.29, 1.82) is 0 Å². The molecule has 0 saturated carbocycles. The Morgan fingerprint density at radius 3 is 2.89 bits per heavy atom. The summed E-state index contributed by atoms with van der Waals surface area (Å²) in [5.41, 5.74) is 10.2. The summed E-state index contributed by atoms with van der Waals surface area (Å²) >= 11 is 0. The second-order valence-corrected chi connectivity index (χ2v) is 7.04. The molecule has 0 bridgehead atoms. The molecule has 5 rings (SSSR count). The smallest absolute Gasteiger partial charge is 0.152 e. The van der Waals surface area contributed by atoms with Crippen LogP contribution in [0.4, 0.5) is 5.82 Å². The van der Waals surface area contributed by atoms with Crippen molar-refractivity contribution in [2.45, 2.75) is 26.0 Å². The Hall–Kier alpha value is -3.12. The van der Waals surface area contributed by atoms with Gasteiger partial charge >= 0.3 is 0 Å². The minimum absolute atomic E-state index is 0.450. The number of hydrogen-bond acceptors (Lipinski definition) is 5. The third-order valence-electron chi connectivity index (χ3n) is 5.17. The molecule has 0 radical (unpaired) electrons. The number of nitrogens with two attached hydrogens (primary N) is 1. The number of aromatic nitrogens is 3. The fourth-order valence-electron chi connectivity index (χ4n) is 3.81. The predicted molar refractivity (Wildman–Crippen MR) is 109 cm³/mol. The molecule has 2 N–H and O–H groups in total. The first-order valence-electron chi connectivity index (χ1n) is 9.62. The number of nitrogen functional groups attached to an aromatic ring is 1. The molecule has 4 aromatic rings. The van der Waals surface area contributed by atoms with E-state index in [9.17, 15) is 0 Å². The molecule has 6 nitrogen and oxygen atoms in total. The molecule has 0 atom stereocenters. The second kappa shape index (κ2) is 7.13. The van der Waals surface area contributed by atoms with Crippen molar-refractivity contribution in [3.05, 3.63) is 59.9 Å². The van der Waals surface area contributed by atoms with Gasteiger partial charge in [0.05, 0.1) is 24.2 Å². The molecular formula is C22H22N4O2. The van der Waals surface area contributed by atoms with E-state index in [4.69, 9.17) is 15.2 Å². The van der Waals surface area contributed by atoms with Crippen molar-refractivity contribution in [2.24, 2.45) is 0 Å². The topological polar surface area (TPSA) is 75.2 Å². The Kier molecular flexibility index (Phi) is 4.33. The average molecular weight is 374 g/mol. The number of nitrogens with zero attached hydrogens (tertiary/aromatic N) is 3. The van der Waals surface area contributed by atoms with E-state index in [0.717, 1.165) is 52.9 Å². The van der Waals surface area contributed by atoms with E-state index >= 15 is 0 Å². The number of ether oxygens (including phenoxy) is 2. The quantitative estimate of drug-likeness (QED) is 0.539. The summed E-state index contributed by atoms with van der Waals surface area (Å²) in [6, 6.07) is 16.5. The molecule has 0 amide bonds. The van der Waals surface area contributed by atoms with Gasteiger partial charge in [-0.05, 0) is 30.5 Å². The van der Waals surface area contributed by atoms with Crippen molar-refractivity contribution in [3.63, 3.8) is 0 Å². The van der Waals surface area contributed by atoms with E-state index in [1.165, 1.54) is 5.56 Å². The van der Waals surface area contributed by atoms with Crippen molar-refractivity contribution in [1.82, 2.24) is 14.5 Å². The molecule has 1 aliphatic heterocycles. The zero-order valence-electron chi connectivity index (χ0n) is 15.6. The highest BCUT2D eigenvalue weighted by atomic mass is 16.5. The van der Waals surface area contributed by atoms with Gasteiger partial charge < -0.3 is 19.8 Å². The largest absolute Gasteiger partial charge is 0.494 e. The van der Waals surface area contributed by atoms with Gasteiger partial charge in [0, 0.05) is 18.0 Å². The molecule has 2 aromatic carbocycles. The zero-order valence-corrected chi connectivity index (χ0v) is 15.6. The minimum Gasteiger partial charge on any atom is -0.494 e. The third kappa shape index (κ3) is 3.05. The molecule has 1 aliphatic rings. The molecule has 0 aliphatic carbocycles. The first-order valence-corrected chi connectivity index (χ1v) is 9.62. The maximum Gasteiger partial charge on any atom is 0.152 e. The van der Waals surface area contributed by atoms with Crippen LogP contribution in [0.1, 0.15) is 17.8 Å². The summed E-state index contributed by atoms with van der Waals surface area (Å²) in [4.78, 5) is 9.20. The van der Waals surface area contributed by atoms with Crippen LogP contribution in [0.25, 0.3) is 21.9 Å². The number of benzene rings is 2. The van der Waals surface area contributed by atoms with E-state index in [1.807, 2.05) is 18.2 Å². The van der Waals surface area contributed by atoms with Crippen LogP contribution in [0, 0.1) is 0 Å². The maximum absolute atomic E-state index is 6.20. The Labute approximate surface area is 162 Å². The number of aryl methyl sites for hydroxylation is 1. The molecule has 0 unspecified atom stereocenters. The molecule has 0 fully saturated rings. The van der Waals surface area contributed by atoms with Gasteiger partial charge in [-0.25, -0.2) is 9.97 Å². The minimum atomic E-state index is 0.450. The van der Waals surface area contributed by atoms with Crippen LogP contribution >= 0.6 is 0 Å². The summed E-state index contributed by atoms with van der Waals surface area (Å²) < 4.78 is 13.7. The molecule has 3 heterocycles. The lowest BCUT2D eigenvalue weighted by molar-refractivity contribution is 0.0831. The number of fused-ring (bicyclic) bond motifs is 5. The number of hydrogen-bond donors (Lipinski definition) is 1. The van der Waals surface area contributed by atoms with E-state index < -0.39 is 0 Å². The van der Waals surface area contributed by atoms with Crippen LogP contribution in [-0.4, -0.2) is 27.7 Å². The number of imidazole rings is 1. The lowest BCUT2D eigenvalue weighted by Gasteiger charge is -2.15. The summed E-state index contributed by atoms with van der Waals surface area (Å²) in [5, 5.41) is 1.04. The van der Waals surface area contributed by atoms with Gasteiger partial charge in [0.15, 0.2) is 5.82 Å². The summed E-state index contributed by atoms with van der Waals surface area (Å²) in [6.45, 7) is 2.64. The van der Waals surface area contributed by atoms with E-state index in [2.05, 4.69) is 44.9 Å². The van der Waals surface area contributed by atoms with E-state index in [-0.39, 0.29) is 0 Å². The van der Waals surface area contributed by atoms with Gasteiger partial charge in [-0.15, -0.1) is 0 Å². The molecule has 0 saturated heterocycles. The zero-order chi connectivity index (χ0) is 18.9. The Morgan fingerprint density at radius 2 is 2.00 bits per heavy atom. The highest BCUT2D eigenvalue weighted by molar-refractivity contribution is 6.06. The normalized spacial score (nSPS) is 13.7. The Morgan fingerprint density at radius 1 is 1.11 bits per heavy atom. The molecule has 6 heteroatoms. The van der Waals surface area contributed by atoms with Crippen molar-refractivity contribution in [2.75, 3.05) is 18.9 Å². The average Bonchev–Trinajstić information content (AvgIpc) is 3.13. The van der Waals surface area contributed by atoms with Crippen LogP contribution in [0.15, 0.2) is 48.5 Å². The maximum atomic E-state index is 6.20. The van der Waals surface area contributed by atoms with Crippen molar-refractivity contribution in [3.8, 4) is 5.75 Å². The van der Waals surface area contributed by atoms with Gasteiger partial charge in [0.2, 0.25) is 0 Å². The fourth-order valence-corrected chi connectivity index (χ4v) is 3.81. The predicted octanol–water partition coefficient (Wildman–Crippen LogP) is 3.71. The fraction of sp³-hybridized carbons (Fsp3) is 0.273. The summed E-state index contributed by atoms with van der Waals surface area (Å²) in [6.07, 6.45) is 1.97. The van der Waals surface area contributed by atoms with Crippen LogP contribution in [0.3, 0.4) is 0 Å². The third-order valence-corrected chi connectivity index (χ3v) is 5.17. The van der Waals surface area contributed by atoms with Gasteiger partial charge in [-0.2, -0.15) is 0 Å². The molecular weight excluding hydrogens is 352 g/mol. The van der Waals surface area contributed by atoms with Crippen molar-refractivity contribution >= 4 is 27.8 Å². The Bertz CT molecular complexity index is 1140. The van der Waals surface area contributed by atoms with Crippen LogP contribution in [0.2, 0.25) is 0 Å². The number of pyridine rings is 1. The Balaban J connectivity index is 1.39. The molecule has 0 spiro atoms. The molecule has 2 aromatic heterocycles. The standard InChI is InChI=1S/C22H22N4O2/c23-22-20-21(26-10-12-27-14-19(26)25-20)17-9-8-16(13-18(17)24-22)28-11-4-7-15-5-2-1-3-6-15/h1-3,5-6,8-9,13H,4,7,10-12,14H2,(H2,23,24). The highest BCUT2D eigenvalue weighted by Crippen LogP contribution is 2.32. The van der Waals surface area contributed by atoms with Crippen LogP contribution in [0.5, 0.6) is 5.75 Å². The monoisotopic (exact) mass is 374 g/mol. The summed E-state index contributed by atoms with van der Waals surface area (Å²) in [5.74, 6) is 2.17. The number of rotatable bonds is 5. The van der Waals surface area contributed by atoms with Crippen molar-refractivity contribution < 1.29 is 9.47 Å². The number of anilines is 1. The van der Waals surface area contributed by atoms with Gasteiger partial charge in [-0.3, -0.25) is 0 Å². The molecule has 142 valence electrons. The summed E-state index contributed by atoms with van der Waals surface area (Å²) in [7, 11) is 0. The lowest BCUT2D eigenvalue weighted by atomic mass is 10.1. The SMILES string of the molecule is Nc1nc2cc(OCCCc3ccccc3)ccc2c2c1nc1n2CCOC1. The first-order chi connectivity index (χ1) is 13.8. The van der Waals surface area contributed by atoms with Crippen LogP contribution < -0.4 is 10.5 Å².